The second-order valence-corrected chi connectivity index (χ2v) is 7.67. The van der Waals surface area contributed by atoms with Crippen molar-refractivity contribution < 1.29 is 9.53 Å². The fourth-order valence-electron chi connectivity index (χ4n) is 3.74. The fourth-order valence-corrected chi connectivity index (χ4v) is 4.23. The number of nitrogens with one attached hydrogen (secondary N) is 1. The number of rotatable bonds is 6. The van der Waals surface area contributed by atoms with Crippen LogP contribution in [0.3, 0.4) is 0 Å². The molecule has 6 nitrogen and oxygen atoms in total. The number of carbonyl (C=O) groups is 1. The van der Waals surface area contributed by atoms with Gasteiger partial charge in [0.2, 0.25) is 0 Å². The van der Waals surface area contributed by atoms with Gasteiger partial charge in [0, 0.05) is 28.8 Å². The molecule has 1 fully saturated rings. The lowest BCUT2D eigenvalue weighted by Gasteiger charge is -2.28. The average Bonchev–Trinajstić information content (AvgIpc) is 3.34. The minimum absolute atomic E-state index is 0.0500. The van der Waals surface area contributed by atoms with Gasteiger partial charge in [0.05, 0.1) is 24.4 Å². The maximum atomic E-state index is 12.3. The predicted octanol–water partition coefficient (Wildman–Crippen LogP) is 4.06. The maximum Gasteiger partial charge on any atom is 0.325 e. The number of nitrogens with zero attached hydrogens (tertiary/aromatic N) is 3. The van der Waals surface area contributed by atoms with Gasteiger partial charge < -0.3 is 19.5 Å². The Kier molecular flexibility index (Phi) is 6.01. The summed E-state index contributed by atoms with van der Waals surface area (Å²) in [7, 11) is 0. The Morgan fingerprint density at radius 3 is 2.83 bits per heavy atom. The molecule has 2 aromatic heterocycles. The highest BCUT2D eigenvalue weighted by Crippen LogP contribution is 2.39. The number of hydrogen-bond donors (Lipinski definition) is 1. The Morgan fingerprint density at radius 1 is 1.23 bits per heavy atom. The largest absolute Gasteiger partial charge is 0.465 e. The SMILES string of the molecule is CCOC(=O)CN1C(=S)N[C@H](c2ccccn2)[C@@H]1c1cccn1-c1cccc(Cl)c1. The summed E-state index contributed by atoms with van der Waals surface area (Å²) in [6.07, 6.45) is 3.72. The van der Waals surface area contributed by atoms with E-state index in [0.717, 1.165) is 17.1 Å². The van der Waals surface area contributed by atoms with Crippen LogP contribution in [0.15, 0.2) is 67.0 Å². The number of pyridine rings is 1. The molecule has 8 heteroatoms. The molecule has 1 aliphatic rings. The first kappa shape index (κ1) is 20.4. The molecule has 1 saturated heterocycles. The smallest absolute Gasteiger partial charge is 0.325 e. The second-order valence-electron chi connectivity index (χ2n) is 6.84. The normalized spacial score (nSPS) is 18.3. The Morgan fingerprint density at radius 2 is 2.10 bits per heavy atom. The molecule has 0 bridgehead atoms. The summed E-state index contributed by atoms with van der Waals surface area (Å²) in [5, 5.41) is 4.48. The first-order valence-corrected chi connectivity index (χ1v) is 10.4. The molecule has 3 heterocycles. The lowest BCUT2D eigenvalue weighted by Crippen LogP contribution is -2.36. The number of hydrogen-bond acceptors (Lipinski definition) is 4. The zero-order chi connectivity index (χ0) is 21.1. The molecule has 1 N–H and O–H groups in total. The molecule has 3 aromatic rings. The van der Waals surface area contributed by atoms with E-state index in [1.165, 1.54) is 0 Å². The molecule has 0 spiro atoms. The Hall–Kier alpha value is -2.90. The van der Waals surface area contributed by atoms with Crippen LogP contribution < -0.4 is 5.32 Å². The van der Waals surface area contributed by atoms with Crippen molar-refractivity contribution in [2.45, 2.75) is 19.0 Å². The summed E-state index contributed by atoms with van der Waals surface area (Å²) in [4.78, 5) is 18.7. The third-order valence-electron chi connectivity index (χ3n) is 4.97. The number of halogens is 1. The maximum absolute atomic E-state index is 12.3. The van der Waals surface area contributed by atoms with Crippen LogP contribution in [0.1, 0.15) is 30.4 Å². The van der Waals surface area contributed by atoms with Crippen molar-refractivity contribution in [1.29, 1.82) is 0 Å². The zero-order valence-electron chi connectivity index (χ0n) is 16.4. The number of aromatic nitrogens is 2. The van der Waals surface area contributed by atoms with Gasteiger partial charge in [0.15, 0.2) is 5.11 Å². The molecule has 4 rings (SSSR count). The fraction of sp³-hybridized carbons (Fsp3) is 0.227. The van der Waals surface area contributed by atoms with E-state index >= 15 is 0 Å². The van der Waals surface area contributed by atoms with Crippen molar-refractivity contribution in [2.24, 2.45) is 0 Å². The lowest BCUT2D eigenvalue weighted by molar-refractivity contribution is -0.143. The first-order chi connectivity index (χ1) is 14.6. The third-order valence-corrected chi connectivity index (χ3v) is 5.56. The van der Waals surface area contributed by atoms with Crippen LogP contribution in [0, 0.1) is 0 Å². The van der Waals surface area contributed by atoms with Gasteiger partial charge in [-0.3, -0.25) is 9.78 Å². The van der Waals surface area contributed by atoms with E-state index in [4.69, 9.17) is 28.6 Å². The molecule has 2 atom stereocenters. The van der Waals surface area contributed by atoms with E-state index in [1.807, 2.05) is 65.7 Å². The highest BCUT2D eigenvalue weighted by Gasteiger charge is 2.42. The molecule has 0 aliphatic carbocycles. The van der Waals surface area contributed by atoms with Crippen LogP contribution in [0.5, 0.6) is 0 Å². The van der Waals surface area contributed by atoms with Gasteiger partial charge in [-0.1, -0.05) is 23.7 Å². The monoisotopic (exact) mass is 440 g/mol. The molecule has 1 aromatic carbocycles. The Labute approximate surface area is 185 Å². The lowest BCUT2D eigenvalue weighted by atomic mass is 10.0. The highest BCUT2D eigenvalue weighted by molar-refractivity contribution is 7.80. The van der Waals surface area contributed by atoms with E-state index in [1.54, 1.807) is 13.1 Å². The van der Waals surface area contributed by atoms with Crippen molar-refractivity contribution in [3.8, 4) is 5.69 Å². The number of esters is 1. The van der Waals surface area contributed by atoms with Crippen molar-refractivity contribution in [2.75, 3.05) is 13.2 Å². The first-order valence-electron chi connectivity index (χ1n) is 9.65. The quantitative estimate of drug-likeness (QED) is 0.460. The molecule has 154 valence electrons. The van der Waals surface area contributed by atoms with Crippen molar-refractivity contribution in [3.63, 3.8) is 0 Å². The van der Waals surface area contributed by atoms with Gasteiger partial charge in [0.1, 0.15) is 6.54 Å². The minimum Gasteiger partial charge on any atom is -0.465 e. The van der Waals surface area contributed by atoms with Gasteiger partial charge in [-0.15, -0.1) is 0 Å². The molecule has 0 radical (unpaired) electrons. The third kappa shape index (κ3) is 4.04. The van der Waals surface area contributed by atoms with Gasteiger partial charge in [-0.05, 0) is 61.6 Å². The zero-order valence-corrected chi connectivity index (χ0v) is 17.9. The van der Waals surface area contributed by atoms with E-state index in [9.17, 15) is 4.79 Å². The summed E-state index contributed by atoms with van der Waals surface area (Å²) < 4.78 is 7.24. The molecule has 30 heavy (non-hydrogen) atoms. The topological polar surface area (TPSA) is 59.4 Å². The Balaban J connectivity index is 1.79. The van der Waals surface area contributed by atoms with Crippen LogP contribution in [-0.2, 0) is 9.53 Å². The molecule has 0 amide bonds. The standard InChI is InChI=1S/C22H21ClN4O2S/c1-2-29-19(28)14-27-21(20(25-22(27)30)17-9-3-4-11-24-17)18-10-6-12-26(18)16-8-5-7-15(23)13-16/h3-13,20-21H,2,14H2,1H3,(H,25,30)/t20-,21+/m1/s1. The van der Waals surface area contributed by atoms with E-state index < -0.39 is 0 Å². The number of ether oxygens (including phenoxy) is 1. The van der Waals surface area contributed by atoms with E-state index in [2.05, 4.69) is 14.9 Å². The van der Waals surface area contributed by atoms with Gasteiger partial charge >= 0.3 is 5.97 Å². The Bertz CT molecular complexity index is 1060. The summed E-state index contributed by atoms with van der Waals surface area (Å²) in [6.45, 7) is 2.16. The highest BCUT2D eigenvalue weighted by atomic mass is 35.5. The van der Waals surface area contributed by atoms with Crippen LogP contribution in [0.4, 0.5) is 0 Å². The molecule has 1 aliphatic heterocycles. The van der Waals surface area contributed by atoms with Gasteiger partial charge in [0.25, 0.3) is 0 Å². The summed E-state index contributed by atoms with van der Waals surface area (Å²) >= 11 is 11.8. The summed E-state index contributed by atoms with van der Waals surface area (Å²) in [6, 6.07) is 16.9. The summed E-state index contributed by atoms with van der Waals surface area (Å²) in [5.41, 5.74) is 2.73. The average molecular weight is 441 g/mol. The summed E-state index contributed by atoms with van der Waals surface area (Å²) in [5.74, 6) is -0.325. The van der Waals surface area contributed by atoms with Crippen LogP contribution >= 0.6 is 23.8 Å². The second kappa shape index (κ2) is 8.85. The number of benzene rings is 1. The van der Waals surface area contributed by atoms with Crippen molar-refractivity contribution in [1.82, 2.24) is 19.8 Å². The molecular weight excluding hydrogens is 420 g/mol. The molecule has 0 saturated carbocycles. The van der Waals surface area contributed by atoms with E-state index in [-0.39, 0.29) is 24.6 Å². The van der Waals surface area contributed by atoms with Crippen LogP contribution in [-0.4, -0.2) is 38.7 Å². The number of thiocarbonyl (C=S) groups is 1. The number of carbonyl (C=O) groups excluding carboxylic acids is 1. The molecule has 0 unspecified atom stereocenters. The van der Waals surface area contributed by atoms with Crippen molar-refractivity contribution >= 4 is 34.9 Å². The molecular formula is C22H21ClN4O2S. The van der Waals surface area contributed by atoms with E-state index in [0.29, 0.717) is 16.7 Å². The van der Waals surface area contributed by atoms with Gasteiger partial charge in [-0.25, -0.2) is 0 Å². The van der Waals surface area contributed by atoms with Crippen molar-refractivity contribution in [3.05, 3.63) is 83.4 Å². The predicted molar refractivity (Wildman–Crippen MR) is 120 cm³/mol. The minimum atomic E-state index is -0.325. The van der Waals surface area contributed by atoms with Crippen LogP contribution in [0.2, 0.25) is 5.02 Å². The van der Waals surface area contributed by atoms with Crippen LogP contribution in [0.25, 0.3) is 5.69 Å². The van der Waals surface area contributed by atoms with Gasteiger partial charge in [-0.2, -0.15) is 0 Å².